The molecular weight excluding hydrogens is 265 g/mol. The number of ether oxygens (including phenoxy) is 1. The fourth-order valence-corrected chi connectivity index (χ4v) is 1.68. The number of aliphatic carboxylic acids is 1. The first kappa shape index (κ1) is 15.8. The van der Waals surface area contributed by atoms with Gasteiger partial charge in [0.2, 0.25) is 0 Å². The van der Waals surface area contributed by atoms with Gasteiger partial charge in [-0.05, 0) is 18.2 Å². The van der Waals surface area contributed by atoms with Crippen LogP contribution in [0.1, 0.15) is 16.8 Å². The van der Waals surface area contributed by atoms with Crippen LogP contribution in [0.2, 0.25) is 0 Å². The van der Waals surface area contributed by atoms with Gasteiger partial charge in [0, 0.05) is 12.1 Å². The zero-order valence-electron chi connectivity index (χ0n) is 11.1. The zero-order chi connectivity index (χ0) is 15.1. The zero-order valence-corrected chi connectivity index (χ0v) is 11.1. The number of carboxylic acids is 1. The number of hydrogen-bond acceptors (Lipinski definition) is 4. The number of benzene rings is 1. The van der Waals surface area contributed by atoms with Crippen molar-refractivity contribution in [3.63, 3.8) is 0 Å². The van der Waals surface area contributed by atoms with Crippen molar-refractivity contribution in [3.05, 3.63) is 42.2 Å². The maximum absolute atomic E-state index is 13.6. The van der Waals surface area contributed by atoms with Gasteiger partial charge in [-0.1, -0.05) is 6.08 Å². The SMILES string of the molecule is C=CCNC(CC(=O)O)C(=O)c1ccc(OC)c(F)c1. The molecular formula is C14H16FNO4. The van der Waals surface area contributed by atoms with E-state index in [1.807, 2.05) is 0 Å². The van der Waals surface area contributed by atoms with Crippen LogP contribution in [0.4, 0.5) is 4.39 Å². The number of rotatable bonds is 8. The van der Waals surface area contributed by atoms with Crippen molar-refractivity contribution in [2.45, 2.75) is 12.5 Å². The van der Waals surface area contributed by atoms with E-state index in [-0.39, 0.29) is 24.3 Å². The maximum Gasteiger partial charge on any atom is 0.305 e. The lowest BCUT2D eigenvalue weighted by Crippen LogP contribution is -2.38. The number of halogens is 1. The number of ketones is 1. The third-order valence-corrected chi connectivity index (χ3v) is 2.64. The molecule has 0 radical (unpaired) electrons. The van der Waals surface area contributed by atoms with Gasteiger partial charge in [-0.25, -0.2) is 4.39 Å². The van der Waals surface area contributed by atoms with Gasteiger partial charge in [0.15, 0.2) is 17.3 Å². The lowest BCUT2D eigenvalue weighted by atomic mass is 10.0. The molecule has 0 aliphatic carbocycles. The summed E-state index contributed by atoms with van der Waals surface area (Å²) >= 11 is 0. The molecule has 0 saturated heterocycles. The Morgan fingerprint density at radius 2 is 2.25 bits per heavy atom. The Morgan fingerprint density at radius 1 is 1.55 bits per heavy atom. The van der Waals surface area contributed by atoms with Crippen LogP contribution in [0.3, 0.4) is 0 Å². The number of methoxy groups -OCH3 is 1. The van der Waals surface area contributed by atoms with Crippen molar-refractivity contribution in [3.8, 4) is 5.75 Å². The van der Waals surface area contributed by atoms with Crippen LogP contribution in [0.25, 0.3) is 0 Å². The number of carbonyl (C=O) groups excluding carboxylic acids is 1. The molecule has 108 valence electrons. The molecule has 1 rings (SSSR count). The Kier molecular flexibility index (Phi) is 5.86. The lowest BCUT2D eigenvalue weighted by Gasteiger charge is -2.15. The number of Topliss-reactive ketones (excluding diaryl/α,β-unsaturated/α-hetero) is 1. The summed E-state index contributed by atoms with van der Waals surface area (Å²) in [5, 5.41) is 11.5. The molecule has 1 unspecified atom stereocenters. The summed E-state index contributed by atoms with van der Waals surface area (Å²) in [6.07, 6.45) is 1.12. The minimum Gasteiger partial charge on any atom is -0.494 e. The quantitative estimate of drug-likeness (QED) is 0.559. The topological polar surface area (TPSA) is 75.6 Å². The molecule has 0 aliphatic rings. The largest absolute Gasteiger partial charge is 0.494 e. The van der Waals surface area contributed by atoms with Gasteiger partial charge in [0.1, 0.15) is 0 Å². The smallest absolute Gasteiger partial charge is 0.305 e. The second-order valence-corrected chi connectivity index (χ2v) is 4.06. The van der Waals surface area contributed by atoms with Gasteiger partial charge in [-0.15, -0.1) is 6.58 Å². The van der Waals surface area contributed by atoms with Crippen LogP contribution in [0.5, 0.6) is 5.75 Å². The summed E-state index contributed by atoms with van der Waals surface area (Å²) in [6.45, 7) is 3.76. The second kappa shape index (κ2) is 7.40. The predicted molar refractivity (Wildman–Crippen MR) is 71.5 cm³/mol. The molecule has 1 atom stereocenters. The van der Waals surface area contributed by atoms with Gasteiger partial charge in [-0.2, -0.15) is 0 Å². The summed E-state index contributed by atoms with van der Waals surface area (Å²) in [7, 11) is 1.32. The van der Waals surface area contributed by atoms with Crippen molar-refractivity contribution >= 4 is 11.8 Å². The van der Waals surface area contributed by atoms with Crippen molar-refractivity contribution in [1.82, 2.24) is 5.32 Å². The maximum atomic E-state index is 13.6. The minimum atomic E-state index is -1.12. The molecule has 0 heterocycles. The van der Waals surface area contributed by atoms with Crippen molar-refractivity contribution < 1.29 is 23.8 Å². The van der Waals surface area contributed by atoms with E-state index in [0.717, 1.165) is 6.07 Å². The van der Waals surface area contributed by atoms with E-state index in [0.29, 0.717) is 0 Å². The first-order valence-corrected chi connectivity index (χ1v) is 5.93. The first-order valence-electron chi connectivity index (χ1n) is 5.93. The molecule has 0 bridgehead atoms. The first-order chi connectivity index (χ1) is 9.49. The number of hydrogen-bond donors (Lipinski definition) is 2. The predicted octanol–water partition coefficient (Wildman–Crippen LogP) is 1.64. The summed E-state index contributed by atoms with van der Waals surface area (Å²) in [5.41, 5.74) is 0.0890. The van der Waals surface area contributed by atoms with Crippen LogP contribution < -0.4 is 10.1 Å². The number of carbonyl (C=O) groups is 2. The van der Waals surface area contributed by atoms with Gasteiger partial charge >= 0.3 is 5.97 Å². The van der Waals surface area contributed by atoms with E-state index in [1.54, 1.807) is 0 Å². The molecule has 5 nitrogen and oxygen atoms in total. The molecule has 0 spiro atoms. The third-order valence-electron chi connectivity index (χ3n) is 2.64. The average Bonchev–Trinajstić information content (AvgIpc) is 2.42. The standard InChI is InChI=1S/C14H16FNO4/c1-3-6-16-11(8-13(17)18)14(19)9-4-5-12(20-2)10(15)7-9/h3-5,7,11,16H,1,6,8H2,2H3,(H,17,18). The summed E-state index contributed by atoms with van der Waals surface area (Å²) < 4.78 is 18.3. The van der Waals surface area contributed by atoms with Crippen LogP contribution in [-0.4, -0.2) is 36.6 Å². The van der Waals surface area contributed by atoms with Crippen molar-refractivity contribution in [2.75, 3.05) is 13.7 Å². The van der Waals surface area contributed by atoms with Crippen molar-refractivity contribution in [1.29, 1.82) is 0 Å². The Bertz CT molecular complexity index is 516. The highest BCUT2D eigenvalue weighted by Gasteiger charge is 2.23. The van der Waals surface area contributed by atoms with Crippen molar-refractivity contribution in [2.24, 2.45) is 0 Å². The van der Waals surface area contributed by atoms with E-state index in [2.05, 4.69) is 11.9 Å². The van der Waals surface area contributed by atoms with Crippen LogP contribution in [0, 0.1) is 5.82 Å². The molecule has 20 heavy (non-hydrogen) atoms. The Hall–Kier alpha value is -2.21. The summed E-state index contributed by atoms with van der Waals surface area (Å²) in [4.78, 5) is 22.9. The monoisotopic (exact) mass is 281 g/mol. The average molecular weight is 281 g/mol. The van der Waals surface area contributed by atoms with Crippen LogP contribution >= 0.6 is 0 Å². The van der Waals surface area contributed by atoms with Gasteiger partial charge in [-0.3, -0.25) is 9.59 Å². The summed E-state index contributed by atoms with van der Waals surface area (Å²) in [5.74, 6) is -2.25. The highest BCUT2D eigenvalue weighted by atomic mass is 19.1. The number of carboxylic acid groups (broad SMARTS) is 1. The Balaban J connectivity index is 2.95. The van der Waals surface area contributed by atoms with Gasteiger partial charge < -0.3 is 15.2 Å². The molecule has 1 aromatic rings. The van der Waals surface area contributed by atoms with E-state index >= 15 is 0 Å². The third kappa shape index (κ3) is 4.17. The molecule has 0 saturated carbocycles. The Morgan fingerprint density at radius 3 is 2.75 bits per heavy atom. The molecule has 6 heteroatoms. The number of nitrogens with one attached hydrogen (secondary N) is 1. The van der Waals surface area contributed by atoms with Crippen LogP contribution in [0.15, 0.2) is 30.9 Å². The normalized spacial score (nSPS) is 11.7. The van der Waals surface area contributed by atoms with E-state index < -0.39 is 23.6 Å². The minimum absolute atomic E-state index is 0.0235. The second-order valence-electron chi connectivity index (χ2n) is 4.06. The molecule has 1 aromatic carbocycles. The molecule has 0 aliphatic heterocycles. The molecule has 2 N–H and O–H groups in total. The summed E-state index contributed by atoms with van der Waals surface area (Å²) in [6, 6.07) is 2.83. The fraction of sp³-hybridized carbons (Fsp3) is 0.286. The molecule has 0 fully saturated rings. The lowest BCUT2D eigenvalue weighted by molar-refractivity contribution is -0.137. The fourth-order valence-electron chi connectivity index (χ4n) is 1.68. The Labute approximate surface area is 116 Å². The molecule has 0 aromatic heterocycles. The van der Waals surface area contributed by atoms with E-state index in [9.17, 15) is 14.0 Å². The van der Waals surface area contributed by atoms with Gasteiger partial charge in [0.05, 0.1) is 19.6 Å². The molecule has 0 amide bonds. The van der Waals surface area contributed by atoms with E-state index in [4.69, 9.17) is 9.84 Å². The van der Waals surface area contributed by atoms with Crippen LogP contribution in [-0.2, 0) is 4.79 Å². The highest BCUT2D eigenvalue weighted by Crippen LogP contribution is 2.19. The van der Waals surface area contributed by atoms with E-state index in [1.165, 1.54) is 25.3 Å². The highest BCUT2D eigenvalue weighted by molar-refractivity contribution is 6.01. The van der Waals surface area contributed by atoms with Gasteiger partial charge in [0.25, 0.3) is 0 Å².